The monoisotopic (exact) mass is 364 g/mol. The van der Waals surface area contributed by atoms with Crippen LogP contribution < -0.4 is 5.14 Å². The van der Waals surface area contributed by atoms with E-state index in [9.17, 15) is 17.6 Å². The van der Waals surface area contributed by atoms with Crippen LogP contribution in [0.25, 0.3) is 0 Å². The average molecular weight is 365 g/mol. The van der Waals surface area contributed by atoms with E-state index < -0.39 is 20.7 Å². The predicted octanol–water partition coefficient (Wildman–Crippen LogP) is 1.72. The van der Waals surface area contributed by atoms with Crippen LogP contribution in [0.15, 0.2) is 21.5 Å². The topological polar surface area (TPSA) is 80.5 Å². The van der Waals surface area contributed by atoms with Gasteiger partial charge in [0.05, 0.1) is 5.56 Å². The first-order valence-corrected chi connectivity index (χ1v) is 8.31. The lowest BCUT2D eigenvalue weighted by molar-refractivity contribution is 0.0787. The normalized spacial score (nSPS) is 15.2. The second kappa shape index (κ2) is 5.42. The van der Waals surface area contributed by atoms with E-state index in [1.807, 2.05) is 0 Å². The lowest BCUT2D eigenvalue weighted by Crippen LogP contribution is -2.29. The lowest BCUT2D eigenvalue weighted by atomic mass is 10.2. The molecule has 20 heavy (non-hydrogen) atoms. The fourth-order valence-electron chi connectivity index (χ4n) is 1.89. The summed E-state index contributed by atoms with van der Waals surface area (Å²) in [5.41, 5.74) is 0.0820. The molecule has 0 heterocycles. The smallest absolute Gasteiger partial charge is 0.254 e. The van der Waals surface area contributed by atoms with Gasteiger partial charge in [-0.15, -0.1) is 0 Å². The molecule has 0 atom stereocenters. The first-order chi connectivity index (χ1) is 9.20. The van der Waals surface area contributed by atoms with E-state index in [-0.39, 0.29) is 15.9 Å². The number of benzene rings is 1. The van der Waals surface area contributed by atoms with Crippen LogP contribution in [0.1, 0.15) is 23.2 Å². The Morgan fingerprint density at radius 3 is 2.60 bits per heavy atom. The van der Waals surface area contributed by atoms with Gasteiger partial charge in [-0.05, 0) is 46.8 Å². The Morgan fingerprint density at radius 2 is 2.10 bits per heavy atom. The Kier molecular flexibility index (Phi) is 4.17. The van der Waals surface area contributed by atoms with Gasteiger partial charge in [0.15, 0.2) is 0 Å². The van der Waals surface area contributed by atoms with Crippen molar-refractivity contribution in [2.75, 3.05) is 13.6 Å². The van der Waals surface area contributed by atoms with Crippen molar-refractivity contribution in [1.29, 1.82) is 0 Å². The highest BCUT2D eigenvalue weighted by atomic mass is 79.9. The summed E-state index contributed by atoms with van der Waals surface area (Å²) in [4.78, 5) is 13.1. The van der Waals surface area contributed by atoms with Crippen molar-refractivity contribution in [3.05, 3.63) is 28.0 Å². The summed E-state index contributed by atoms with van der Waals surface area (Å²) < 4.78 is 36.4. The summed E-state index contributed by atoms with van der Waals surface area (Å²) in [5.74, 6) is -0.852. The summed E-state index contributed by atoms with van der Waals surface area (Å²) in [6.07, 6.45) is 2.18. The third kappa shape index (κ3) is 3.36. The molecule has 5 nitrogen and oxygen atoms in total. The highest BCUT2D eigenvalue weighted by molar-refractivity contribution is 9.10. The Balaban J connectivity index is 2.37. The van der Waals surface area contributed by atoms with Gasteiger partial charge < -0.3 is 4.90 Å². The van der Waals surface area contributed by atoms with Gasteiger partial charge in [-0.1, -0.05) is 0 Å². The number of carbonyl (C=O) groups excluding carboxylic acids is 1. The first kappa shape index (κ1) is 15.4. The molecule has 110 valence electrons. The van der Waals surface area contributed by atoms with Gasteiger partial charge in [0.2, 0.25) is 10.0 Å². The minimum Gasteiger partial charge on any atom is -0.341 e. The zero-order valence-corrected chi connectivity index (χ0v) is 13.2. The van der Waals surface area contributed by atoms with Gasteiger partial charge in [-0.3, -0.25) is 4.79 Å². The molecule has 2 N–H and O–H groups in total. The molecule has 1 aromatic rings. The van der Waals surface area contributed by atoms with E-state index in [1.165, 1.54) is 4.90 Å². The number of nitrogens with two attached hydrogens (primary N) is 1. The number of hydrogen-bond donors (Lipinski definition) is 1. The summed E-state index contributed by atoms with van der Waals surface area (Å²) in [7, 11) is -2.58. The van der Waals surface area contributed by atoms with Crippen molar-refractivity contribution in [2.24, 2.45) is 11.1 Å². The fraction of sp³-hybridized carbons (Fsp3) is 0.417. The molecular formula is C12H14BrFN2O3S. The van der Waals surface area contributed by atoms with Crippen molar-refractivity contribution >= 4 is 31.9 Å². The quantitative estimate of drug-likeness (QED) is 0.882. The predicted molar refractivity (Wildman–Crippen MR) is 75.2 cm³/mol. The van der Waals surface area contributed by atoms with E-state index in [2.05, 4.69) is 15.9 Å². The maximum absolute atomic E-state index is 13.6. The summed E-state index contributed by atoms with van der Waals surface area (Å²) in [6.45, 7) is 0.605. The number of halogens is 2. The third-order valence-electron chi connectivity index (χ3n) is 3.13. The van der Waals surface area contributed by atoms with Crippen LogP contribution in [-0.4, -0.2) is 32.8 Å². The van der Waals surface area contributed by atoms with Crippen molar-refractivity contribution in [3.63, 3.8) is 0 Å². The van der Waals surface area contributed by atoms with Gasteiger partial charge in [0.1, 0.15) is 10.7 Å². The molecule has 0 spiro atoms. The molecule has 1 saturated carbocycles. The Bertz CT molecular complexity index is 659. The van der Waals surface area contributed by atoms with Crippen molar-refractivity contribution < 1.29 is 17.6 Å². The molecule has 0 aliphatic heterocycles. The van der Waals surface area contributed by atoms with Crippen LogP contribution in [0.2, 0.25) is 0 Å². The first-order valence-electron chi connectivity index (χ1n) is 5.97. The summed E-state index contributed by atoms with van der Waals surface area (Å²) >= 11 is 3.08. The minimum atomic E-state index is -4.21. The number of rotatable bonds is 4. The molecule has 1 aliphatic rings. The highest BCUT2D eigenvalue weighted by Crippen LogP contribution is 2.30. The molecule has 0 bridgehead atoms. The molecule has 0 saturated heterocycles. The second-order valence-electron chi connectivity index (χ2n) is 4.94. The zero-order valence-electron chi connectivity index (χ0n) is 10.8. The van der Waals surface area contributed by atoms with Gasteiger partial charge in [-0.2, -0.15) is 0 Å². The molecule has 1 amide bonds. The number of sulfonamides is 1. The third-order valence-corrected chi connectivity index (χ3v) is 4.72. The fourth-order valence-corrected chi connectivity index (χ4v) is 2.99. The lowest BCUT2D eigenvalue weighted by Gasteiger charge is -2.18. The van der Waals surface area contributed by atoms with Crippen LogP contribution in [0.4, 0.5) is 4.39 Å². The molecular weight excluding hydrogens is 351 g/mol. The molecule has 1 aliphatic carbocycles. The number of amides is 1. The van der Waals surface area contributed by atoms with Crippen LogP contribution in [0.5, 0.6) is 0 Å². The maximum Gasteiger partial charge on any atom is 0.254 e. The maximum atomic E-state index is 13.6. The summed E-state index contributed by atoms with van der Waals surface area (Å²) in [6, 6.07) is 1.92. The van der Waals surface area contributed by atoms with E-state index >= 15 is 0 Å². The largest absolute Gasteiger partial charge is 0.341 e. The van der Waals surface area contributed by atoms with Crippen LogP contribution in [0.3, 0.4) is 0 Å². The van der Waals surface area contributed by atoms with Crippen molar-refractivity contribution in [1.82, 2.24) is 4.90 Å². The number of hydrogen-bond acceptors (Lipinski definition) is 3. The molecule has 8 heteroatoms. The van der Waals surface area contributed by atoms with Crippen LogP contribution in [0, 0.1) is 11.7 Å². The Morgan fingerprint density at radius 1 is 1.50 bits per heavy atom. The van der Waals surface area contributed by atoms with E-state index in [0.717, 1.165) is 25.0 Å². The van der Waals surface area contributed by atoms with Gasteiger partial charge in [0.25, 0.3) is 5.91 Å². The van der Waals surface area contributed by atoms with Gasteiger partial charge in [-0.25, -0.2) is 17.9 Å². The molecule has 0 radical (unpaired) electrons. The SMILES string of the molecule is CN(CC1CC1)C(=O)c1cc(S(N)(=O)=O)c(F)cc1Br. The molecule has 0 unspecified atom stereocenters. The van der Waals surface area contributed by atoms with Crippen LogP contribution in [-0.2, 0) is 10.0 Å². The molecule has 2 rings (SSSR count). The van der Waals surface area contributed by atoms with Gasteiger partial charge in [0, 0.05) is 18.1 Å². The zero-order chi connectivity index (χ0) is 15.1. The highest BCUT2D eigenvalue weighted by Gasteiger charge is 2.27. The number of nitrogens with zero attached hydrogens (tertiary/aromatic N) is 1. The Labute approximate surface area is 125 Å². The van der Waals surface area contributed by atoms with Crippen molar-refractivity contribution in [3.8, 4) is 0 Å². The van der Waals surface area contributed by atoms with Gasteiger partial charge >= 0.3 is 0 Å². The van der Waals surface area contributed by atoms with E-state index in [1.54, 1.807) is 7.05 Å². The Hall–Kier alpha value is -0.990. The molecule has 0 aromatic heterocycles. The molecule has 1 fully saturated rings. The average Bonchev–Trinajstić information content (AvgIpc) is 3.10. The second-order valence-corrected chi connectivity index (χ2v) is 7.32. The summed E-state index contributed by atoms with van der Waals surface area (Å²) in [5, 5.41) is 4.94. The van der Waals surface area contributed by atoms with E-state index in [0.29, 0.717) is 12.5 Å². The molecule has 1 aromatic carbocycles. The van der Waals surface area contributed by atoms with Crippen molar-refractivity contribution in [2.45, 2.75) is 17.7 Å². The number of primary sulfonamides is 1. The van der Waals surface area contributed by atoms with Crippen LogP contribution >= 0.6 is 15.9 Å². The van der Waals surface area contributed by atoms with E-state index in [4.69, 9.17) is 5.14 Å². The number of carbonyl (C=O) groups is 1. The minimum absolute atomic E-state index is 0.0820. The standard InChI is InChI=1S/C12H14BrFN2O3S/c1-16(6-7-2-3-7)12(17)8-4-11(20(15,18)19)10(14)5-9(8)13/h4-5,7H,2-3,6H2,1H3,(H2,15,18,19).